The number of aryl methyl sites for hydroxylation is 1. The lowest BCUT2D eigenvalue weighted by molar-refractivity contribution is -0.116. The van der Waals surface area contributed by atoms with E-state index in [2.05, 4.69) is 17.1 Å². The van der Waals surface area contributed by atoms with Gasteiger partial charge in [-0.3, -0.25) is 4.79 Å². The highest BCUT2D eigenvalue weighted by atomic mass is 16.5. The van der Waals surface area contributed by atoms with Gasteiger partial charge in [0.05, 0.1) is 7.11 Å². The summed E-state index contributed by atoms with van der Waals surface area (Å²) in [6.45, 7) is 8.39. The van der Waals surface area contributed by atoms with Crippen LogP contribution >= 0.6 is 0 Å². The summed E-state index contributed by atoms with van der Waals surface area (Å²) < 4.78 is 5.32. The van der Waals surface area contributed by atoms with Crippen LogP contribution in [0.1, 0.15) is 30.9 Å². The molecule has 1 aromatic carbocycles. The Balaban J connectivity index is 1.80. The monoisotopic (exact) mass is 316 g/mol. The van der Waals surface area contributed by atoms with Gasteiger partial charge in [0.2, 0.25) is 5.91 Å². The SMILES string of the molecule is COc1ccc(C)cc1/C=C/C(=O)NCC(C)CN1CCCC1. The number of amides is 1. The lowest BCUT2D eigenvalue weighted by Crippen LogP contribution is -2.33. The van der Waals surface area contributed by atoms with Gasteiger partial charge >= 0.3 is 0 Å². The Morgan fingerprint density at radius 1 is 1.39 bits per heavy atom. The molecule has 1 aromatic rings. The fourth-order valence-corrected chi connectivity index (χ4v) is 2.95. The van der Waals surface area contributed by atoms with Crippen molar-refractivity contribution in [2.75, 3.05) is 33.3 Å². The van der Waals surface area contributed by atoms with E-state index < -0.39 is 0 Å². The second-order valence-corrected chi connectivity index (χ2v) is 6.44. The Morgan fingerprint density at radius 3 is 2.83 bits per heavy atom. The lowest BCUT2D eigenvalue weighted by Gasteiger charge is -2.20. The largest absolute Gasteiger partial charge is 0.496 e. The molecule has 0 bridgehead atoms. The van der Waals surface area contributed by atoms with Crippen molar-refractivity contribution in [3.8, 4) is 5.75 Å². The molecule has 2 rings (SSSR count). The maximum Gasteiger partial charge on any atom is 0.244 e. The molecule has 1 N–H and O–H groups in total. The number of nitrogens with one attached hydrogen (secondary N) is 1. The van der Waals surface area contributed by atoms with Gasteiger partial charge in [0.1, 0.15) is 5.75 Å². The highest BCUT2D eigenvalue weighted by molar-refractivity contribution is 5.92. The number of likely N-dealkylation sites (tertiary alicyclic amines) is 1. The molecular weight excluding hydrogens is 288 g/mol. The maximum absolute atomic E-state index is 12.0. The average molecular weight is 316 g/mol. The van der Waals surface area contributed by atoms with Crippen LogP contribution in [0.15, 0.2) is 24.3 Å². The van der Waals surface area contributed by atoms with E-state index in [0.29, 0.717) is 12.5 Å². The van der Waals surface area contributed by atoms with Crippen molar-refractivity contribution in [2.45, 2.75) is 26.7 Å². The first-order chi connectivity index (χ1) is 11.1. The first kappa shape index (κ1) is 17.5. The fourth-order valence-electron chi connectivity index (χ4n) is 2.95. The molecule has 1 atom stereocenters. The molecule has 1 amide bonds. The summed E-state index contributed by atoms with van der Waals surface area (Å²) in [5.41, 5.74) is 2.07. The molecule has 1 fully saturated rings. The Morgan fingerprint density at radius 2 is 2.13 bits per heavy atom. The van der Waals surface area contributed by atoms with Gasteiger partial charge in [-0.1, -0.05) is 18.6 Å². The van der Waals surface area contributed by atoms with Gasteiger partial charge < -0.3 is 15.0 Å². The molecule has 4 heteroatoms. The van der Waals surface area contributed by atoms with Gasteiger partial charge in [0.15, 0.2) is 0 Å². The van der Waals surface area contributed by atoms with Crippen molar-refractivity contribution in [2.24, 2.45) is 5.92 Å². The van der Waals surface area contributed by atoms with E-state index in [1.54, 1.807) is 13.2 Å². The quantitative estimate of drug-likeness (QED) is 0.787. The number of benzene rings is 1. The van der Waals surface area contributed by atoms with Crippen LogP contribution in [0.4, 0.5) is 0 Å². The summed E-state index contributed by atoms with van der Waals surface area (Å²) >= 11 is 0. The van der Waals surface area contributed by atoms with Crippen LogP contribution in [0, 0.1) is 12.8 Å². The van der Waals surface area contributed by atoms with E-state index in [1.165, 1.54) is 25.9 Å². The summed E-state index contributed by atoms with van der Waals surface area (Å²) in [7, 11) is 1.64. The van der Waals surface area contributed by atoms with Crippen LogP contribution in [-0.4, -0.2) is 44.1 Å². The zero-order chi connectivity index (χ0) is 16.7. The van der Waals surface area contributed by atoms with Crippen LogP contribution in [0.25, 0.3) is 6.08 Å². The number of hydrogen-bond donors (Lipinski definition) is 1. The predicted octanol–water partition coefficient (Wildman–Crippen LogP) is 2.86. The minimum absolute atomic E-state index is 0.0539. The molecule has 1 heterocycles. The Kier molecular flexibility index (Phi) is 6.66. The molecule has 0 aromatic heterocycles. The standard InChI is InChI=1S/C19H28N2O2/c1-15-6-8-18(23-3)17(12-15)7-9-19(22)20-13-16(2)14-21-10-4-5-11-21/h6-9,12,16H,4-5,10-11,13-14H2,1-3H3,(H,20,22)/b9-7+. The van der Waals surface area contributed by atoms with Gasteiger partial charge in [-0.2, -0.15) is 0 Å². The molecule has 4 nitrogen and oxygen atoms in total. The van der Waals surface area contributed by atoms with Crippen molar-refractivity contribution < 1.29 is 9.53 Å². The third-order valence-electron chi connectivity index (χ3n) is 4.19. The van der Waals surface area contributed by atoms with Crippen molar-refractivity contribution in [3.05, 3.63) is 35.4 Å². The summed E-state index contributed by atoms with van der Waals surface area (Å²) in [5.74, 6) is 1.20. The van der Waals surface area contributed by atoms with Crippen LogP contribution in [0.2, 0.25) is 0 Å². The average Bonchev–Trinajstić information content (AvgIpc) is 3.04. The van der Waals surface area contributed by atoms with Gasteiger partial charge in [-0.15, -0.1) is 0 Å². The third kappa shape index (κ3) is 5.71. The molecule has 0 spiro atoms. The van der Waals surface area contributed by atoms with E-state index in [-0.39, 0.29) is 5.91 Å². The molecule has 0 aliphatic carbocycles. The number of carbonyl (C=O) groups is 1. The number of hydrogen-bond acceptors (Lipinski definition) is 3. The molecule has 1 saturated heterocycles. The molecule has 126 valence electrons. The summed E-state index contributed by atoms with van der Waals surface area (Å²) in [5, 5.41) is 2.99. The molecule has 23 heavy (non-hydrogen) atoms. The van der Waals surface area contributed by atoms with E-state index in [9.17, 15) is 4.79 Å². The van der Waals surface area contributed by atoms with Crippen LogP contribution < -0.4 is 10.1 Å². The number of ether oxygens (including phenoxy) is 1. The first-order valence-electron chi connectivity index (χ1n) is 8.41. The number of methoxy groups -OCH3 is 1. The summed E-state index contributed by atoms with van der Waals surface area (Å²) in [6.07, 6.45) is 6.01. The topological polar surface area (TPSA) is 41.6 Å². The fraction of sp³-hybridized carbons (Fsp3) is 0.526. The second-order valence-electron chi connectivity index (χ2n) is 6.44. The lowest BCUT2D eigenvalue weighted by atomic mass is 10.1. The van der Waals surface area contributed by atoms with Crippen molar-refractivity contribution >= 4 is 12.0 Å². The zero-order valence-corrected chi connectivity index (χ0v) is 14.5. The molecule has 0 saturated carbocycles. The predicted molar refractivity (Wildman–Crippen MR) is 94.6 cm³/mol. The molecule has 1 aliphatic heterocycles. The number of nitrogens with zero attached hydrogens (tertiary/aromatic N) is 1. The third-order valence-corrected chi connectivity index (χ3v) is 4.19. The van der Waals surface area contributed by atoms with E-state index in [4.69, 9.17) is 4.74 Å². The highest BCUT2D eigenvalue weighted by Gasteiger charge is 2.14. The molecule has 1 aliphatic rings. The normalized spacial score (nSPS) is 16.7. The van der Waals surface area contributed by atoms with Gasteiger partial charge in [-0.25, -0.2) is 0 Å². The minimum Gasteiger partial charge on any atom is -0.496 e. The first-order valence-corrected chi connectivity index (χ1v) is 8.41. The van der Waals surface area contributed by atoms with E-state index in [0.717, 1.165) is 23.4 Å². The van der Waals surface area contributed by atoms with Crippen LogP contribution in [-0.2, 0) is 4.79 Å². The van der Waals surface area contributed by atoms with E-state index >= 15 is 0 Å². The van der Waals surface area contributed by atoms with Gasteiger partial charge in [0, 0.05) is 24.7 Å². The van der Waals surface area contributed by atoms with Crippen molar-refractivity contribution in [1.82, 2.24) is 10.2 Å². The Bertz CT molecular complexity index is 548. The van der Waals surface area contributed by atoms with Crippen LogP contribution in [0.5, 0.6) is 5.75 Å². The Hall–Kier alpha value is -1.81. The smallest absolute Gasteiger partial charge is 0.244 e. The van der Waals surface area contributed by atoms with Gasteiger partial charge in [0.25, 0.3) is 0 Å². The summed E-state index contributed by atoms with van der Waals surface area (Å²) in [6, 6.07) is 5.93. The Labute approximate surface area is 139 Å². The number of rotatable bonds is 7. The minimum atomic E-state index is -0.0539. The molecular formula is C19H28N2O2. The van der Waals surface area contributed by atoms with Crippen molar-refractivity contribution in [3.63, 3.8) is 0 Å². The summed E-state index contributed by atoms with van der Waals surface area (Å²) in [4.78, 5) is 14.5. The zero-order valence-electron chi connectivity index (χ0n) is 14.5. The highest BCUT2D eigenvalue weighted by Crippen LogP contribution is 2.20. The van der Waals surface area contributed by atoms with Crippen molar-refractivity contribution in [1.29, 1.82) is 0 Å². The number of carbonyl (C=O) groups excluding carboxylic acids is 1. The maximum atomic E-state index is 12.0. The molecule has 0 radical (unpaired) electrons. The molecule has 1 unspecified atom stereocenters. The van der Waals surface area contributed by atoms with Gasteiger partial charge in [-0.05, 0) is 57.0 Å². The van der Waals surface area contributed by atoms with Crippen LogP contribution in [0.3, 0.4) is 0 Å². The van der Waals surface area contributed by atoms with E-state index in [1.807, 2.05) is 31.2 Å². The second kappa shape index (κ2) is 8.73.